The third-order valence-corrected chi connectivity index (χ3v) is 4.30. The first-order chi connectivity index (χ1) is 12.8. The minimum Gasteiger partial charge on any atom is -0.394 e. The molecule has 0 saturated heterocycles. The molecule has 2 aromatic rings. The van der Waals surface area contributed by atoms with Gasteiger partial charge < -0.3 is 26.2 Å². The largest absolute Gasteiger partial charge is 0.394 e. The van der Waals surface area contributed by atoms with Crippen LogP contribution in [0.25, 0.3) is 17.3 Å². The van der Waals surface area contributed by atoms with Crippen molar-refractivity contribution in [3.05, 3.63) is 35.8 Å². The first kappa shape index (κ1) is 19.1. The molecule has 0 unspecified atom stereocenters. The second kappa shape index (κ2) is 7.50. The van der Waals surface area contributed by atoms with E-state index in [4.69, 9.17) is 10.7 Å². The van der Waals surface area contributed by atoms with Crippen LogP contribution in [0.5, 0.6) is 0 Å². The molecule has 0 bridgehead atoms. The fourth-order valence-corrected chi connectivity index (χ4v) is 2.91. The number of aliphatic hydroxyl groups excluding tert-OH is 2. The van der Waals surface area contributed by atoms with Gasteiger partial charge in [0.1, 0.15) is 5.82 Å². The molecule has 0 amide bonds. The number of nitrogens with zero attached hydrogens (tertiary/aromatic N) is 4. The van der Waals surface area contributed by atoms with E-state index in [1.54, 1.807) is 12.4 Å². The topological polar surface area (TPSA) is 120 Å². The normalized spacial score (nSPS) is 13.8. The summed E-state index contributed by atoms with van der Waals surface area (Å²) >= 11 is 0. The second-order valence-electron chi connectivity index (χ2n) is 7.64. The van der Waals surface area contributed by atoms with E-state index in [1.165, 1.54) is 0 Å². The molecule has 8 nitrogen and oxygen atoms in total. The van der Waals surface area contributed by atoms with Crippen LogP contribution in [0.1, 0.15) is 31.9 Å². The zero-order valence-electron chi connectivity index (χ0n) is 15.8. The number of hydrogen-bond donors (Lipinski definition) is 4. The Hall–Kier alpha value is -2.71. The smallest absolute Gasteiger partial charge is 0.219 e. The summed E-state index contributed by atoms with van der Waals surface area (Å²) in [5, 5.41) is 22.5. The molecule has 0 radical (unpaired) electrons. The fraction of sp³-hybridized carbons (Fsp3) is 0.421. The first-order valence-corrected chi connectivity index (χ1v) is 8.86. The van der Waals surface area contributed by atoms with Crippen LogP contribution in [0.2, 0.25) is 0 Å². The van der Waals surface area contributed by atoms with Crippen molar-refractivity contribution >= 4 is 17.8 Å². The van der Waals surface area contributed by atoms with Gasteiger partial charge in [0.2, 0.25) is 5.95 Å². The van der Waals surface area contributed by atoms with Gasteiger partial charge in [0, 0.05) is 41.8 Å². The van der Waals surface area contributed by atoms with E-state index < -0.39 is 0 Å². The third-order valence-electron chi connectivity index (χ3n) is 4.30. The first-order valence-electron chi connectivity index (χ1n) is 8.86. The molecule has 8 heteroatoms. The minimum atomic E-state index is -0.345. The molecule has 144 valence electrons. The lowest BCUT2D eigenvalue weighted by Gasteiger charge is -2.33. The van der Waals surface area contributed by atoms with E-state index in [2.05, 4.69) is 36.1 Å². The maximum absolute atomic E-state index is 9.51. The average Bonchev–Trinajstić information content (AvgIpc) is 2.62. The third kappa shape index (κ3) is 4.35. The Kier molecular flexibility index (Phi) is 5.29. The summed E-state index contributed by atoms with van der Waals surface area (Å²) in [7, 11) is 0. The van der Waals surface area contributed by atoms with Crippen LogP contribution >= 0.6 is 0 Å². The van der Waals surface area contributed by atoms with Crippen molar-refractivity contribution in [1.82, 2.24) is 19.9 Å². The highest BCUT2D eigenvalue weighted by molar-refractivity contribution is 5.71. The van der Waals surface area contributed by atoms with Gasteiger partial charge >= 0.3 is 0 Å². The van der Waals surface area contributed by atoms with Gasteiger partial charge in [-0.15, -0.1) is 0 Å². The molecule has 5 N–H and O–H groups in total. The Morgan fingerprint density at radius 3 is 2.48 bits per heavy atom. The number of rotatable bonds is 5. The Morgan fingerprint density at radius 2 is 1.89 bits per heavy atom. The van der Waals surface area contributed by atoms with Gasteiger partial charge in [0.05, 0.1) is 24.9 Å². The molecule has 0 fully saturated rings. The van der Waals surface area contributed by atoms with Gasteiger partial charge in [-0.1, -0.05) is 0 Å². The summed E-state index contributed by atoms with van der Waals surface area (Å²) in [6, 6.07) is 1.64. The minimum absolute atomic E-state index is 0.119. The lowest BCUT2D eigenvalue weighted by atomic mass is 10.00. The standard InChI is InChI=1S/C19H26N6O2/c1-19(2,3)24-17-15-9-25(14(10-26)11-27)5-4-12(15)6-16(23-17)13-7-21-18(20)22-8-13/h4-8,14,26-27H,9-11H2,1-3H3,(H,23,24)(H2,20,21,22). The number of aromatic nitrogens is 3. The number of nitrogen functional groups attached to an aromatic ring is 1. The molecule has 3 heterocycles. The van der Waals surface area contributed by atoms with Crippen LogP contribution in [0.4, 0.5) is 11.8 Å². The van der Waals surface area contributed by atoms with Gasteiger partial charge in [-0.05, 0) is 38.5 Å². The molecule has 2 aromatic heterocycles. The van der Waals surface area contributed by atoms with Crippen molar-refractivity contribution in [2.75, 3.05) is 24.3 Å². The maximum Gasteiger partial charge on any atom is 0.219 e. The van der Waals surface area contributed by atoms with Crippen LogP contribution in [0.15, 0.2) is 24.7 Å². The Labute approximate surface area is 158 Å². The summed E-state index contributed by atoms with van der Waals surface area (Å²) in [5.74, 6) is 0.982. The molecule has 0 spiro atoms. The van der Waals surface area contributed by atoms with Crippen LogP contribution in [0, 0.1) is 0 Å². The average molecular weight is 370 g/mol. The van der Waals surface area contributed by atoms with Crippen LogP contribution in [-0.4, -0.2) is 54.9 Å². The summed E-state index contributed by atoms with van der Waals surface area (Å²) in [4.78, 5) is 14.8. The fourth-order valence-electron chi connectivity index (χ4n) is 2.91. The number of nitrogens with two attached hydrogens (primary N) is 1. The number of fused-ring (bicyclic) bond motifs is 1. The molecule has 0 atom stereocenters. The lowest BCUT2D eigenvalue weighted by Crippen LogP contribution is -2.38. The Bertz CT molecular complexity index is 825. The summed E-state index contributed by atoms with van der Waals surface area (Å²) < 4.78 is 0. The highest BCUT2D eigenvalue weighted by Crippen LogP contribution is 2.32. The van der Waals surface area contributed by atoms with E-state index in [9.17, 15) is 10.2 Å². The van der Waals surface area contributed by atoms with Crippen molar-refractivity contribution in [3.63, 3.8) is 0 Å². The van der Waals surface area contributed by atoms with Crippen molar-refractivity contribution < 1.29 is 10.2 Å². The van der Waals surface area contributed by atoms with Gasteiger partial charge in [-0.2, -0.15) is 0 Å². The predicted molar refractivity (Wildman–Crippen MR) is 106 cm³/mol. The lowest BCUT2D eigenvalue weighted by molar-refractivity contribution is 0.100. The van der Waals surface area contributed by atoms with Crippen LogP contribution in [-0.2, 0) is 6.54 Å². The molecule has 1 aliphatic rings. The predicted octanol–water partition coefficient (Wildman–Crippen LogP) is 1.47. The molecular formula is C19H26N6O2. The van der Waals surface area contributed by atoms with Crippen molar-refractivity contribution in [2.24, 2.45) is 0 Å². The van der Waals surface area contributed by atoms with Gasteiger partial charge in [-0.25, -0.2) is 15.0 Å². The summed E-state index contributed by atoms with van der Waals surface area (Å²) in [5.41, 5.74) is 8.97. The Balaban J connectivity index is 2.05. The summed E-state index contributed by atoms with van der Waals surface area (Å²) in [6.45, 7) is 6.52. The zero-order valence-corrected chi connectivity index (χ0v) is 15.8. The molecule has 27 heavy (non-hydrogen) atoms. The van der Waals surface area contributed by atoms with Crippen molar-refractivity contribution in [1.29, 1.82) is 0 Å². The second-order valence-corrected chi connectivity index (χ2v) is 7.64. The SMILES string of the molecule is CC(C)(C)Nc1nc(-c2cnc(N)nc2)cc2c1CN(C(CO)CO)C=C2. The van der Waals surface area contributed by atoms with Crippen molar-refractivity contribution in [3.8, 4) is 11.3 Å². The number of pyridine rings is 1. The van der Waals surface area contributed by atoms with E-state index in [0.717, 1.165) is 28.2 Å². The van der Waals surface area contributed by atoms with E-state index >= 15 is 0 Å². The quantitative estimate of drug-likeness (QED) is 0.624. The van der Waals surface area contributed by atoms with E-state index in [-0.39, 0.29) is 30.7 Å². The van der Waals surface area contributed by atoms with Gasteiger partial charge in [0.15, 0.2) is 0 Å². The highest BCUT2D eigenvalue weighted by atomic mass is 16.3. The molecule has 0 saturated carbocycles. The van der Waals surface area contributed by atoms with Crippen molar-refractivity contribution in [2.45, 2.75) is 38.9 Å². The molecule has 0 aliphatic carbocycles. The number of anilines is 2. The monoisotopic (exact) mass is 370 g/mol. The summed E-state index contributed by atoms with van der Waals surface area (Å²) in [6.07, 6.45) is 7.17. The van der Waals surface area contributed by atoms with Gasteiger partial charge in [-0.3, -0.25) is 0 Å². The molecular weight excluding hydrogens is 344 g/mol. The number of nitrogens with one attached hydrogen (secondary N) is 1. The molecule has 1 aliphatic heterocycles. The van der Waals surface area contributed by atoms with E-state index in [0.29, 0.717) is 6.54 Å². The maximum atomic E-state index is 9.51. The Morgan fingerprint density at radius 1 is 1.22 bits per heavy atom. The van der Waals surface area contributed by atoms with Crippen LogP contribution in [0.3, 0.4) is 0 Å². The highest BCUT2D eigenvalue weighted by Gasteiger charge is 2.24. The van der Waals surface area contributed by atoms with E-state index in [1.807, 2.05) is 23.2 Å². The van der Waals surface area contributed by atoms with Crippen LogP contribution < -0.4 is 11.1 Å². The van der Waals surface area contributed by atoms with Gasteiger partial charge in [0.25, 0.3) is 0 Å². The zero-order chi connectivity index (χ0) is 19.6. The molecule has 0 aromatic carbocycles. The molecule has 3 rings (SSSR count). The number of hydrogen-bond acceptors (Lipinski definition) is 8. The number of aliphatic hydroxyl groups is 2.